The van der Waals surface area contributed by atoms with Crippen molar-refractivity contribution in [3.63, 3.8) is 0 Å². The number of rotatable bonds is 7. The maximum Gasteiger partial charge on any atom is 0.250 e. The third-order valence-electron chi connectivity index (χ3n) is 5.03. The number of thioether (sulfide) groups is 1. The minimum atomic E-state index is -0.167. The van der Waals surface area contributed by atoms with Crippen LogP contribution < -0.4 is 10.2 Å². The lowest BCUT2D eigenvalue weighted by atomic mass is 10.0. The summed E-state index contributed by atoms with van der Waals surface area (Å²) >= 11 is 1.49. The van der Waals surface area contributed by atoms with E-state index < -0.39 is 0 Å². The maximum absolute atomic E-state index is 12.5. The molecule has 4 aromatic rings. The van der Waals surface area contributed by atoms with Crippen LogP contribution in [0.3, 0.4) is 0 Å². The van der Waals surface area contributed by atoms with Gasteiger partial charge in [-0.2, -0.15) is 5.10 Å². The minimum absolute atomic E-state index is 0.167. The molecule has 32 heavy (non-hydrogen) atoms. The van der Waals surface area contributed by atoms with E-state index in [1.807, 2.05) is 62.4 Å². The molecule has 0 saturated carbocycles. The van der Waals surface area contributed by atoms with Crippen molar-refractivity contribution in [1.29, 1.82) is 0 Å². The third-order valence-corrected chi connectivity index (χ3v) is 6.08. The first kappa shape index (κ1) is 21.8. The smallest absolute Gasteiger partial charge is 0.250 e. The van der Waals surface area contributed by atoms with E-state index in [-0.39, 0.29) is 11.7 Å². The van der Waals surface area contributed by atoms with E-state index in [0.29, 0.717) is 6.61 Å². The molecule has 1 amide bonds. The first-order valence-electron chi connectivity index (χ1n) is 10.5. The topological polar surface area (TPSA) is 63.6 Å². The summed E-state index contributed by atoms with van der Waals surface area (Å²) in [5.41, 5.74) is 6.54. The van der Waals surface area contributed by atoms with Gasteiger partial charge in [0.25, 0.3) is 0 Å². The number of hydrogen-bond acceptors (Lipinski definition) is 5. The van der Waals surface area contributed by atoms with E-state index in [1.165, 1.54) is 17.3 Å². The number of hydrazone groups is 1. The fourth-order valence-corrected chi connectivity index (χ4v) is 4.51. The Balaban J connectivity index is 1.48. The summed E-state index contributed by atoms with van der Waals surface area (Å²) in [6.45, 7) is 6.52. The van der Waals surface area contributed by atoms with E-state index in [2.05, 4.69) is 34.6 Å². The number of pyridine rings is 1. The maximum atomic E-state index is 12.5. The van der Waals surface area contributed by atoms with Gasteiger partial charge < -0.3 is 4.74 Å². The monoisotopic (exact) mass is 443 g/mol. The normalized spacial score (nSPS) is 11.3. The van der Waals surface area contributed by atoms with Crippen molar-refractivity contribution in [1.82, 2.24) is 10.4 Å². The van der Waals surface area contributed by atoms with E-state index in [9.17, 15) is 4.79 Å². The summed E-state index contributed by atoms with van der Waals surface area (Å²) < 4.78 is 5.76. The van der Waals surface area contributed by atoms with Gasteiger partial charge in [0.05, 0.1) is 24.1 Å². The molecule has 162 valence electrons. The van der Waals surface area contributed by atoms with E-state index in [1.54, 1.807) is 6.21 Å². The molecule has 4 rings (SSSR count). The fraction of sp³-hybridized carbons (Fsp3) is 0.192. The van der Waals surface area contributed by atoms with Crippen LogP contribution in [0.25, 0.3) is 21.7 Å². The summed E-state index contributed by atoms with van der Waals surface area (Å²) in [6, 6.07) is 20.2. The molecule has 0 aliphatic rings. The van der Waals surface area contributed by atoms with Crippen molar-refractivity contribution in [2.75, 3.05) is 12.4 Å². The second kappa shape index (κ2) is 9.83. The molecule has 1 aromatic heterocycles. The highest BCUT2D eigenvalue weighted by atomic mass is 32.2. The number of hydrogen-bond donors (Lipinski definition) is 1. The lowest BCUT2D eigenvalue weighted by Crippen LogP contribution is -2.19. The number of aromatic nitrogens is 1. The number of carbonyl (C=O) groups is 1. The molecule has 5 nitrogen and oxygen atoms in total. The Kier molecular flexibility index (Phi) is 6.71. The lowest BCUT2D eigenvalue weighted by molar-refractivity contribution is -0.118. The highest BCUT2D eigenvalue weighted by molar-refractivity contribution is 8.00. The molecule has 3 aromatic carbocycles. The van der Waals surface area contributed by atoms with E-state index >= 15 is 0 Å². The number of aryl methyl sites for hydroxylation is 2. The van der Waals surface area contributed by atoms with Gasteiger partial charge in [-0.15, -0.1) is 11.8 Å². The van der Waals surface area contributed by atoms with Gasteiger partial charge in [0.2, 0.25) is 5.91 Å². The first-order valence-corrected chi connectivity index (χ1v) is 11.5. The summed E-state index contributed by atoms with van der Waals surface area (Å²) in [6.07, 6.45) is 1.66. The van der Waals surface area contributed by atoms with Crippen molar-refractivity contribution in [2.45, 2.75) is 25.7 Å². The zero-order chi connectivity index (χ0) is 22.5. The lowest BCUT2D eigenvalue weighted by Gasteiger charge is -2.10. The van der Waals surface area contributed by atoms with Crippen LogP contribution in [0.1, 0.15) is 23.7 Å². The fourth-order valence-electron chi connectivity index (χ4n) is 3.59. The standard InChI is InChI=1S/C26H25N3O2S/c1-4-31-24-12-10-19-7-5-6-8-20(19)22(24)15-27-29-26(30)16-32-25-14-18(3)28-23-11-9-17(2)13-21(23)25/h5-15H,4,16H2,1-3H3,(H,29,30)/b27-15-. The molecule has 0 spiro atoms. The molecule has 0 fully saturated rings. The van der Waals surface area contributed by atoms with Gasteiger partial charge in [-0.05, 0) is 55.8 Å². The van der Waals surface area contributed by atoms with Crippen LogP contribution in [-0.2, 0) is 4.79 Å². The Morgan fingerprint density at radius 3 is 2.78 bits per heavy atom. The Morgan fingerprint density at radius 1 is 1.09 bits per heavy atom. The van der Waals surface area contributed by atoms with E-state index in [4.69, 9.17) is 4.74 Å². The molecule has 0 unspecified atom stereocenters. The van der Waals surface area contributed by atoms with Gasteiger partial charge in [0.1, 0.15) is 5.75 Å². The van der Waals surface area contributed by atoms with Gasteiger partial charge >= 0.3 is 0 Å². The third kappa shape index (κ3) is 4.92. The van der Waals surface area contributed by atoms with E-state index in [0.717, 1.165) is 43.6 Å². The Morgan fingerprint density at radius 2 is 1.94 bits per heavy atom. The first-order chi connectivity index (χ1) is 15.5. The van der Waals surface area contributed by atoms with Crippen LogP contribution in [0.2, 0.25) is 0 Å². The van der Waals surface area contributed by atoms with Gasteiger partial charge in [-0.1, -0.05) is 42.0 Å². The van der Waals surface area contributed by atoms with Crippen molar-refractivity contribution < 1.29 is 9.53 Å². The number of carbonyl (C=O) groups excluding carboxylic acids is 1. The molecule has 1 N–H and O–H groups in total. The predicted octanol–water partition coefficient (Wildman–Crippen LogP) is 5.65. The van der Waals surface area contributed by atoms with Crippen molar-refractivity contribution in [2.24, 2.45) is 5.10 Å². The molecule has 1 heterocycles. The summed E-state index contributed by atoms with van der Waals surface area (Å²) in [4.78, 5) is 18.1. The second-order valence-electron chi connectivity index (χ2n) is 7.50. The summed E-state index contributed by atoms with van der Waals surface area (Å²) in [7, 11) is 0. The average Bonchev–Trinajstić information content (AvgIpc) is 2.79. The Bertz CT molecular complexity index is 1320. The van der Waals surface area contributed by atoms with Crippen LogP contribution in [-0.4, -0.2) is 29.5 Å². The molecular weight excluding hydrogens is 418 g/mol. The van der Waals surface area contributed by atoms with Crippen LogP contribution in [0.5, 0.6) is 5.75 Å². The SMILES string of the molecule is CCOc1ccc2ccccc2c1/C=N\NC(=O)CSc1cc(C)nc2ccc(C)cc12. The van der Waals surface area contributed by atoms with Crippen LogP contribution in [0.4, 0.5) is 0 Å². The largest absolute Gasteiger partial charge is 0.493 e. The number of nitrogens with zero attached hydrogens (tertiary/aromatic N) is 2. The summed E-state index contributed by atoms with van der Waals surface area (Å²) in [5, 5.41) is 7.39. The van der Waals surface area contributed by atoms with Crippen LogP contribution in [0, 0.1) is 13.8 Å². The predicted molar refractivity (Wildman–Crippen MR) is 133 cm³/mol. The highest BCUT2D eigenvalue weighted by Crippen LogP contribution is 2.29. The van der Waals surface area contributed by atoms with Crippen LogP contribution >= 0.6 is 11.8 Å². The van der Waals surface area contributed by atoms with Crippen LogP contribution in [0.15, 0.2) is 70.7 Å². The highest BCUT2D eigenvalue weighted by Gasteiger charge is 2.09. The van der Waals surface area contributed by atoms with Crippen molar-refractivity contribution >= 4 is 45.6 Å². The average molecular weight is 444 g/mol. The number of nitrogens with one attached hydrogen (secondary N) is 1. The van der Waals surface area contributed by atoms with Gasteiger partial charge in [0, 0.05) is 21.5 Å². The minimum Gasteiger partial charge on any atom is -0.493 e. The van der Waals surface area contributed by atoms with Crippen molar-refractivity contribution in [3.05, 3.63) is 77.5 Å². The van der Waals surface area contributed by atoms with Gasteiger partial charge in [0.15, 0.2) is 0 Å². The Hall–Kier alpha value is -3.38. The zero-order valence-electron chi connectivity index (χ0n) is 18.4. The van der Waals surface area contributed by atoms with Gasteiger partial charge in [-0.3, -0.25) is 9.78 Å². The second-order valence-corrected chi connectivity index (χ2v) is 8.51. The molecular formula is C26H25N3O2S. The molecule has 0 aliphatic heterocycles. The molecule has 0 saturated heterocycles. The summed E-state index contributed by atoms with van der Waals surface area (Å²) in [5.74, 6) is 0.838. The van der Waals surface area contributed by atoms with Crippen molar-refractivity contribution in [3.8, 4) is 5.75 Å². The number of benzene rings is 3. The quantitative estimate of drug-likeness (QED) is 0.228. The molecule has 0 atom stereocenters. The number of amides is 1. The zero-order valence-corrected chi connectivity index (χ0v) is 19.2. The Labute approximate surface area is 191 Å². The number of ether oxygens (including phenoxy) is 1. The molecule has 0 aliphatic carbocycles. The number of fused-ring (bicyclic) bond motifs is 2. The molecule has 6 heteroatoms. The van der Waals surface area contributed by atoms with Gasteiger partial charge in [-0.25, -0.2) is 5.43 Å². The molecule has 0 radical (unpaired) electrons. The molecule has 0 bridgehead atoms.